The third-order valence-electron chi connectivity index (χ3n) is 8.89. The van der Waals surface area contributed by atoms with Crippen molar-refractivity contribution in [2.45, 2.75) is 132 Å². The molecule has 1 aliphatic rings. The van der Waals surface area contributed by atoms with Gasteiger partial charge in [-0.15, -0.1) is 0 Å². The molecule has 1 heterocycles. The molecule has 270 valence electrons. The summed E-state index contributed by atoms with van der Waals surface area (Å²) in [7, 11) is 4.35. The molecule has 0 radical (unpaired) electrons. The second-order valence-electron chi connectivity index (χ2n) is 14.8. The van der Waals surface area contributed by atoms with Crippen LogP contribution in [0.4, 0.5) is 0 Å². The highest BCUT2D eigenvalue weighted by molar-refractivity contribution is 5.94. The predicted molar refractivity (Wildman–Crippen MR) is 178 cm³/mol. The summed E-state index contributed by atoms with van der Waals surface area (Å²) < 4.78 is 17.6. The average molecular weight is 668 g/mol. The van der Waals surface area contributed by atoms with Gasteiger partial charge in [0.05, 0.1) is 0 Å². The topological polar surface area (TPSA) is 140 Å². The first-order chi connectivity index (χ1) is 21.6. The lowest BCUT2D eigenvalue weighted by molar-refractivity contribution is -0.181. The van der Waals surface area contributed by atoms with Gasteiger partial charge in [0.2, 0.25) is 0 Å². The fraction of sp³-hybridized carbons (Fsp3) is 0.829. The van der Waals surface area contributed by atoms with Crippen LogP contribution in [0.2, 0.25) is 0 Å². The lowest BCUT2D eigenvalue weighted by atomic mass is 9.95. The average Bonchev–Trinajstić information content (AvgIpc) is 2.97. The van der Waals surface area contributed by atoms with Crippen LogP contribution in [0.1, 0.15) is 95.9 Å². The number of cyclic esters (lactones) is 3. The molecular weight excluding hydrogens is 606 g/mol. The first-order valence-electron chi connectivity index (χ1n) is 17.0. The minimum Gasteiger partial charge on any atom is -0.450 e. The molecule has 12 nitrogen and oxygen atoms in total. The molecule has 0 bridgehead atoms. The van der Waals surface area contributed by atoms with Crippen molar-refractivity contribution in [1.29, 1.82) is 0 Å². The molecule has 0 N–H and O–H groups in total. The molecule has 1 aliphatic heterocycles. The maximum atomic E-state index is 14.0. The first kappa shape index (κ1) is 41.8. The minimum atomic E-state index is -1.28. The van der Waals surface area contributed by atoms with Gasteiger partial charge >= 0.3 is 17.9 Å². The monoisotopic (exact) mass is 667 g/mol. The van der Waals surface area contributed by atoms with E-state index in [0.29, 0.717) is 6.42 Å². The summed E-state index contributed by atoms with van der Waals surface area (Å²) in [5, 5.41) is 0. The Morgan fingerprint density at radius 1 is 0.511 bits per heavy atom. The fourth-order valence-electron chi connectivity index (χ4n) is 5.77. The van der Waals surface area contributed by atoms with Crippen molar-refractivity contribution in [2.24, 2.45) is 35.5 Å². The van der Waals surface area contributed by atoms with Crippen molar-refractivity contribution in [3.8, 4) is 0 Å². The van der Waals surface area contributed by atoms with Crippen LogP contribution in [0, 0.1) is 35.5 Å². The highest BCUT2D eigenvalue weighted by atomic mass is 16.6. The number of ether oxygens (including phenoxy) is 3. The summed E-state index contributed by atoms with van der Waals surface area (Å²) in [6, 6.07) is -3.30. The Balaban J connectivity index is 3.98. The van der Waals surface area contributed by atoms with E-state index in [9.17, 15) is 28.8 Å². The van der Waals surface area contributed by atoms with Gasteiger partial charge in [-0.25, -0.2) is 14.4 Å². The summed E-state index contributed by atoms with van der Waals surface area (Å²) in [5.41, 5.74) is 0. The molecule has 1 rings (SSSR count). The van der Waals surface area contributed by atoms with Crippen LogP contribution in [-0.4, -0.2) is 108 Å². The highest BCUT2D eigenvalue weighted by Crippen LogP contribution is 2.26. The molecule has 0 aromatic carbocycles. The standard InChI is InChI=1S/C35H61N3O9/c1-16-23(12)26-35(44)47-29(22(10)11)31(40)37(14)25(19(4)5)34(43)46-27(20(6)7)30(39)36(13)24(17-18(2)3)33(42)45-28(21(8)9)32(41)38(26)15/h18-29H,16-17H2,1-15H3/t23-,24+,25-,26-,27-,28-,29+/m0/s1. The van der Waals surface area contributed by atoms with Crippen molar-refractivity contribution in [3.63, 3.8) is 0 Å². The van der Waals surface area contributed by atoms with Gasteiger partial charge < -0.3 is 28.9 Å². The van der Waals surface area contributed by atoms with Gasteiger partial charge in [-0.3, -0.25) is 14.4 Å². The van der Waals surface area contributed by atoms with Crippen LogP contribution in [0.25, 0.3) is 0 Å². The van der Waals surface area contributed by atoms with E-state index in [4.69, 9.17) is 14.2 Å². The molecule has 0 aromatic heterocycles. The second-order valence-corrected chi connectivity index (χ2v) is 14.8. The summed E-state index contributed by atoms with van der Waals surface area (Å²) in [4.78, 5) is 87.2. The molecule has 47 heavy (non-hydrogen) atoms. The molecule has 0 aromatic rings. The second kappa shape index (κ2) is 17.8. The zero-order chi connectivity index (χ0) is 36.7. The van der Waals surface area contributed by atoms with Crippen LogP contribution in [-0.2, 0) is 43.0 Å². The van der Waals surface area contributed by atoms with Crippen LogP contribution in [0.15, 0.2) is 0 Å². The van der Waals surface area contributed by atoms with E-state index in [0.717, 1.165) is 0 Å². The molecule has 12 heteroatoms. The lowest BCUT2D eigenvalue weighted by Crippen LogP contribution is -2.57. The molecule has 3 amide bonds. The third-order valence-corrected chi connectivity index (χ3v) is 8.89. The predicted octanol–water partition coefficient (Wildman–Crippen LogP) is 3.93. The van der Waals surface area contributed by atoms with E-state index in [-0.39, 0.29) is 18.3 Å². The Kier molecular flexibility index (Phi) is 15.9. The van der Waals surface area contributed by atoms with E-state index < -0.39 is 95.7 Å². The SMILES string of the molecule is CC[C@H](C)[C@H]1C(=O)O[C@H](C(C)C)C(=O)N(C)[C@@H](C(C)C)C(=O)O[C@@H](C(C)C)C(=O)N(C)[C@H](CC(C)C)C(=O)O[C@@H](C(C)C)C(=O)N1C. The van der Waals surface area contributed by atoms with Crippen molar-refractivity contribution < 1.29 is 43.0 Å². The third kappa shape index (κ3) is 10.4. The largest absolute Gasteiger partial charge is 0.450 e. The zero-order valence-electron chi connectivity index (χ0n) is 31.4. The Hall–Kier alpha value is -3.18. The van der Waals surface area contributed by atoms with Gasteiger partial charge in [0, 0.05) is 21.1 Å². The smallest absolute Gasteiger partial charge is 0.329 e. The fourth-order valence-corrected chi connectivity index (χ4v) is 5.77. The van der Waals surface area contributed by atoms with Gasteiger partial charge in [0.1, 0.15) is 18.1 Å². The van der Waals surface area contributed by atoms with Gasteiger partial charge in [-0.1, -0.05) is 89.5 Å². The first-order valence-corrected chi connectivity index (χ1v) is 17.0. The molecule has 1 saturated heterocycles. The number of rotatable bonds is 8. The number of carbonyl (C=O) groups is 6. The van der Waals surface area contributed by atoms with E-state index in [1.165, 1.54) is 35.8 Å². The van der Waals surface area contributed by atoms with E-state index in [1.54, 1.807) is 62.3 Å². The van der Waals surface area contributed by atoms with Gasteiger partial charge in [0.15, 0.2) is 18.3 Å². The van der Waals surface area contributed by atoms with Crippen molar-refractivity contribution >= 4 is 35.6 Å². The maximum absolute atomic E-state index is 14.0. The van der Waals surface area contributed by atoms with Gasteiger partial charge in [0.25, 0.3) is 17.7 Å². The van der Waals surface area contributed by atoms with Gasteiger partial charge in [-0.2, -0.15) is 0 Å². The summed E-state index contributed by atoms with van der Waals surface area (Å²) in [6.45, 7) is 21.3. The lowest BCUT2D eigenvalue weighted by Gasteiger charge is -2.38. The van der Waals surface area contributed by atoms with Crippen LogP contribution in [0.5, 0.6) is 0 Å². The molecule has 1 fully saturated rings. The number of carbonyl (C=O) groups excluding carboxylic acids is 6. The Bertz CT molecular complexity index is 1120. The highest BCUT2D eigenvalue weighted by Gasteiger charge is 2.45. The quantitative estimate of drug-likeness (QED) is 0.278. The molecule has 7 atom stereocenters. The van der Waals surface area contributed by atoms with Crippen LogP contribution in [0.3, 0.4) is 0 Å². The van der Waals surface area contributed by atoms with Crippen molar-refractivity contribution in [2.75, 3.05) is 21.1 Å². The summed E-state index contributed by atoms with van der Waals surface area (Å²) in [6.07, 6.45) is -3.10. The molecule has 0 saturated carbocycles. The number of nitrogens with zero attached hydrogens (tertiary/aromatic N) is 3. The Labute approximate surface area is 282 Å². The number of hydrogen-bond donors (Lipinski definition) is 0. The number of esters is 3. The summed E-state index contributed by atoms with van der Waals surface area (Å²) in [5.74, 6) is -6.48. The molecule has 0 aliphatic carbocycles. The minimum absolute atomic E-state index is 0.0416. The molecule has 0 spiro atoms. The van der Waals surface area contributed by atoms with Gasteiger partial charge in [-0.05, 0) is 41.9 Å². The van der Waals surface area contributed by atoms with Crippen molar-refractivity contribution in [1.82, 2.24) is 14.7 Å². The molecular formula is C35H61N3O9. The number of amides is 3. The van der Waals surface area contributed by atoms with Crippen LogP contribution < -0.4 is 0 Å². The molecule has 0 unspecified atom stereocenters. The van der Waals surface area contributed by atoms with E-state index >= 15 is 0 Å². The van der Waals surface area contributed by atoms with E-state index in [1.807, 2.05) is 20.8 Å². The zero-order valence-corrected chi connectivity index (χ0v) is 31.4. The Morgan fingerprint density at radius 3 is 1.19 bits per heavy atom. The number of hydrogen-bond acceptors (Lipinski definition) is 9. The Morgan fingerprint density at radius 2 is 0.851 bits per heavy atom. The summed E-state index contributed by atoms with van der Waals surface area (Å²) >= 11 is 0. The normalized spacial score (nSPS) is 27.4. The van der Waals surface area contributed by atoms with Crippen LogP contribution >= 0.6 is 0 Å². The maximum Gasteiger partial charge on any atom is 0.329 e. The number of likely N-dealkylation sites (N-methyl/N-ethyl adjacent to an activating group) is 3. The van der Waals surface area contributed by atoms with Crippen molar-refractivity contribution in [3.05, 3.63) is 0 Å². The van der Waals surface area contributed by atoms with E-state index in [2.05, 4.69) is 0 Å².